The predicted molar refractivity (Wildman–Crippen MR) is 109 cm³/mol. The first kappa shape index (κ1) is 16.7. The van der Waals surface area contributed by atoms with Crippen LogP contribution in [-0.2, 0) is 0 Å². The molecule has 1 amide bonds. The van der Waals surface area contributed by atoms with Gasteiger partial charge in [0, 0.05) is 27.4 Å². The Morgan fingerprint density at radius 1 is 0.962 bits per heavy atom. The Bertz CT molecular complexity index is 970. The van der Waals surface area contributed by atoms with E-state index in [-0.39, 0.29) is 12.1 Å². The lowest BCUT2D eigenvalue weighted by Gasteiger charge is -2.28. The smallest absolute Gasteiger partial charge is 0.260 e. The second kappa shape index (κ2) is 6.89. The zero-order valence-electron chi connectivity index (χ0n) is 14.8. The summed E-state index contributed by atoms with van der Waals surface area (Å²) in [6.45, 7) is 2.04. The molecule has 0 saturated heterocycles. The van der Waals surface area contributed by atoms with E-state index >= 15 is 0 Å². The van der Waals surface area contributed by atoms with Crippen molar-refractivity contribution in [3.05, 3.63) is 89.5 Å². The van der Waals surface area contributed by atoms with Crippen LogP contribution in [0.1, 0.15) is 27.7 Å². The molecule has 0 fully saturated rings. The summed E-state index contributed by atoms with van der Waals surface area (Å²) in [6.07, 6.45) is 1.84. The molecule has 1 heterocycles. The number of carbonyl (C=O) groups is 1. The van der Waals surface area contributed by atoms with Crippen LogP contribution < -0.4 is 10.2 Å². The highest BCUT2D eigenvalue weighted by atomic mass is 32.2. The number of hydrogen-bond acceptors (Lipinski definition) is 3. The van der Waals surface area contributed by atoms with Crippen LogP contribution in [0.5, 0.6) is 0 Å². The van der Waals surface area contributed by atoms with Crippen molar-refractivity contribution < 1.29 is 4.79 Å². The minimum atomic E-state index is -0.225. The maximum absolute atomic E-state index is 13.2. The Labute approximate surface area is 158 Å². The SMILES string of the molecule is CSc1cccc(N[C@H]2c3ccccc3C(=O)N2c2ccccc2C)c1. The molecule has 0 aromatic heterocycles. The van der Waals surface area contributed by atoms with E-state index in [2.05, 4.69) is 23.7 Å². The lowest BCUT2D eigenvalue weighted by molar-refractivity contribution is 0.0993. The number of rotatable bonds is 4. The van der Waals surface area contributed by atoms with Crippen molar-refractivity contribution >= 4 is 29.0 Å². The van der Waals surface area contributed by atoms with E-state index in [0.717, 1.165) is 28.1 Å². The van der Waals surface area contributed by atoms with E-state index in [4.69, 9.17) is 0 Å². The third-order valence-electron chi connectivity index (χ3n) is 4.71. The highest BCUT2D eigenvalue weighted by molar-refractivity contribution is 7.98. The van der Waals surface area contributed by atoms with E-state index < -0.39 is 0 Å². The molecule has 1 N–H and O–H groups in total. The Hall–Kier alpha value is -2.72. The topological polar surface area (TPSA) is 32.3 Å². The van der Waals surface area contributed by atoms with Gasteiger partial charge < -0.3 is 5.32 Å². The minimum absolute atomic E-state index is 0.0356. The number of nitrogens with one attached hydrogen (secondary N) is 1. The van der Waals surface area contributed by atoms with Gasteiger partial charge in [-0.05, 0) is 49.1 Å². The highest BCUT2D eigenvalue weighted by Gasteiger charge is 2.38. The summed E-state index contributed by atoms with van der Waals surface area (Å²) in [5.41, 5.74) is 4.79. The Morgan fingerprint density at radius 2 is 1.73 bits per heavy atom. The Balaban J connectivity index is 1.80. The largest absolute Gasteiger partial charge is 0.361 e. The van der Waals surface area contributed by atoms with Crippen molar-refractivity contribution in [1.82, 2.24) is 0 Å². The molecule has 0 unspecified atom stereocenters. The molecule has 0 bridgehead atoms. The molecule has 130 valence electrons. The average molecular weight is 360 g/mol. The summed E-state index contributed by atoms with van der Waals surface area (Å²) in [6, 6.07) is 24.1. The van der Waals surface area contributed by atoms with Gasteiger partial charge in [0.2, 0.25) is 0 Å². The van der Waals surface area contributed by atoms with Gasteiger partial charge in [-0.25, -0.2) is 0 Å². The second-order valence-electron chi connectivity index (χ2n) is 6.33. The van der Waals surface area contributed by atoms with Gasteiger partial charge in [-0.15, -0.1) is 11.8 Å². The van der Waals surface area contributed by atoms with Crippen molar-refractivity contribution in [2.75, 3.05) is 16.5 Å². The van der Waals surface area contributed by atoms with E-state index in [9.17, 15) is 4.79 Å². The minimum Gasteiger partial charge on any atom is -0.361 e. The fourth-order valence-corrected chi connectivity index (χ4v) is 3.87. The first-order valence-corrected chi connectivity index (χ1v) is 9.80. The third-order valence-corrected chi connectivity index (χ3v) is 5.44. The first-order chi connectivity index (χ1) is 12.7. The predicted octanol–water partition coefficient (Wildman–Crippen LogP) is 5.49. The molecular formula is C22H20N2OS. The molecule has 1 aliphatic rings. The van der Waals surface area contributed by atoms with Gasteiger partial charge in [0.05, 0.1) is 0 Å². The van der Waals surface area contributed by atoms with Crippen molar-refractivity contribution in [2.24, 2.45) is 0 Å². The molecule has 4 heteroatoms. The number of aryl methyl sites for hydroxylation is 1. The lowest BCUT2D eigenvalue weighted by atomic mass is 10.1. The standard InChI is InChI=1S/C22H20N2OS/c1-15-8-3-6-13-20(15)24-21(18-11-4-5-12-19(18)22(24)25)23-16-9-7-10-17(14-16)26-2/h3-14,21,23H,1-2H3/t21-/m1/s1. The molecule has 4 rings (SSSR count). The number of benzene rings is 3. The molecule has 0 saturated carbocycles. The van der Waals surface area contributed by atoms with Crippen LogP contribution in [0.4, 0.5) is 11.4 Å². The Morgan fingerprint density at radius 3 is 2.54 bits per heavy atom. The van der Waals surface area contributed by atoms with E-state index in [1.807, 2.05) is 72.5 Å². The molecule has 1 aliphatic heterocycles. The van der Waals surface area contributed by atoms with Gasteiger partial charge in [0.1, 0.15) is 6.17 Å². The number of fused-ring (bicyclic) bond motifs is 1. The van der Waals surface area contributed by atoms with Gasteiger partial charge in [-0.3, -0.25) is 9.69 Å². The summed E-state index contributed by atoms with van der Waals surface area (Å²) >= 11 is 1.71. The highest BCUT2D eigenvalue weighted by Crippen LogP contribution is 2.39. The van der Waals surface area contributed by atoms with Crippen molar-refractivity contribution in [2.45, 2.75) is 18.0 Å². The maximum atomic E-state index is 13.2. The van der Waals surface area contributed by atoms with Gasteiger partial charge in [-0.1, -0.05) is 42.5 Å². The number of amides is 1. The van der Waals surface area contributed by atoms with Crippen LogP contribution in [0.25, 0.3) is 0 Å². The summed E-state index contributed by atoms with van der Waals surface area (Å²) < 4.78 is 0. The molecular weight excluding hydrogens is 340 g/mol. The second-order valence-corrected chi connectivity index (χ2v) is 7.21. The van der Waals surface area contributed by atoms with Crippen LogP contribution in [-0.4, -0.2) is 12.2 Å². The van der Waals surface area contributed by atoms with Crippen LogP contribution in [0.15, 0.2) is 77.7 Å². The number of nitrogens with zero attached hydrogens (tertiary/aromatic N) is 1. The molecule has 0 spiro atoms. The molecule has 3 nitrogen and oxygen atoms in total. The fraction of sp³-hybridized carbons (Fsp3) is 0.136. The van der Waals surface area contributed by atoms with Crippen molar-refractivity contribution in [1.29, 1.82) is 0 Å². The Kier molecular flexibility index (Phi) is 4.43. The van der Waals surface area contributed by atoms with E-state index in [0.29, 0.717) is 0 Å². The van der Waals surface area contributed by atoms with Crippen LogP contribution in [0.3, 0.4) is 0 Å². The first-order valence-electron chi connectivity index (χ1n) is 8.58. The summed E-state index contributed by atoms with van der Waals surface area (Å²) in [5, 5.41) is 3.57. The van der Waals surface area contributed by atoms with E-state index in [1.54, 1.807) is 11.8 Å². The van der Waals surface area contributed by atoms with Crippen LogP contribution in [0, 0.1) is 6.92 Å². The van der Waals surface area contributed by atoms with Gasteiger partial charge in [-0.2, -0.15) is 0 Å². The zero-order valence-corrected chi connectivity index (χ0v) is 15.6. The number of hydrogen-bond donors (Lipinski definition) is 1. The lowest BCUT2D eigenvalue weighted by Crippen LogP contribution is -2.32. The number of thioether (sulfide) groups is 1. The third kappa shape index (κ3) is 2.86. The van der Waals surface area contributed by atoms with Crippen molar-refractivity contribution in [3.63, 3.8) is 0 Å². The number of para-hydroxylation sites is 1. The van der Waals surface area contributed by atoms with Gasteiger partial charge in [0.15, 0.2) is 0 Å². The molecule has 26 heavy (non-hydrogen) atoms. The summed E-state index contributed by atoms with van der Waals surface area (Å²) in [7, 11) is 0. The fourth-order valence-electron chi connectivity index (χ4n) is 3.41. The van der Waals surface area contributed by atoms with Crippen LogP contribution in [0.2, 0.25) is 0 Å². The van der Waals surface area contributed by atoms with Crippen molar-refractivity contribution in [3.8, 4) is 0 Å². The normalized spacial score (nSPS) is 15.8. The quantitative estimate of drug-likeness (QED) is 0.625. The monoisotopic (exact) mass is 360 g/mol. The molecule has 0 aliphatic carbocycles. The molecule has 1 atom stereocenters. The molecule has 3 aromatic carbocycles. The average Bonchev–Trinajstić information content (AvgIpc) is 2.95. The molecule has 0 radical (unpaired) electrons. The number of anilines is 2. The maximum Gasteiger partial charge on any atom is 0.260 e. The summed E-state index contributed by atoms with van der Waals surface area (Å²) in [5.74, 6) is 0.0356. The van der Waals surface area contributed by atoms with Gasteiger partial charge in [0.25, 0.3) is 5.91 Å². The van der Waals surface area contributed by atoms with E-state index in [1.165, 1.54) is 4.90 Å². The van der Waals surface area contributed by atoms with Gasteiger partial charge >= 0.3 is 0 Å². The van der Waals surface area contributed by atoms with Crippen LogP contribution >= 0.6 is 11.8 Å². The summed E-state index contributed by atoms with van der Waals surface area (Å²) in [4.78, 5) is 16.2. The molecule has 3 aromatic rings. The number of carbonyl (C=O) groups excluding carboxylic acids is 1. The zero-order chi connectivity index (χ0) is 18.1.